The van der Waals surface area contributed by atoms with Gasteiger partial charge in [-0.25, -0.2) is 10.4 Å². The maximum Gasteiger partial charge on any atom is 0.320 e. The van der Waals surface area contributed by atoms with Crippen molar-refractivity contribution in [2.45, 2.75) is 31.8 Å². The number of rotatable bonds is 13. The Labute approximate surface area is 247 Å². The monoisotopic (exact) mass is 600 g/mol. The first kappa shape index (κ1) is 31.4. The average Bonchev–Trinajstić information content (AvgIpc) is 2.91. The Morgan fingerprint density at radius 3 is 2.15 bits per heavy atom. The highest BCUT2D eigenvalue weighted by molar-refractivity contribution is 6.34. The molecule has 13 heteroatoms. The molecule has 1 atom stereocenters. The maximum atomic E-state index is 13.4. The van der Waals surface area contributed by atoms with Gasteiger partial charge in [-0.2, -0.15) is 0 Å². The molecule has 0 aliphatic carbocycles. The van der Waals surface area contributed by atoms with E-state index in [-0.39, 0.29) is 25.9 Å². The van der Waals surface area contributed by atoms with Gasteiger partial charge in [0.15, 0.2) is 5.96 Å². The van der Waals surface area contributed by atoms with Crippen molar-refractivity contribution in [1.29, 1.82) is 5.41 Å². The van der Waals surface area contributed by atoms with E-state index in [2.05, 4.69) is 5.43 Å². The number of para-hydroxylation sites is 1. The number of halogens is 2. The van der Waals surface area contributed by atoms with E-state index in [9.17, 15) is 14.4 Å². The van der Waals surface area contributed by atoms with Crippen molar-refractivity contribution >= 4 is 52.6 Å². The van der Waals surface area contributed by atoms with E-state index in [0.717, 1.165) is 4.90 Å². The van der Waals surface area contributed by atoms with E-state index in [1.165, 1.54) is 5.01 Å². The van der Waals surface area contributed by atoms with Crippen LogP contribution in [0.4, 0.5) is 5.69 Å². The lowest BCUT2D eigenvalue weighted by Gasteiger charge is -2.26. The second kappa shape index (κ2) is 15.0. The van der Waals surface area contributed by atoms with Gasteiger partial charge >= 0.3 is 5.97 Å². The van der Waals surface area contributed by atoms with Gasteiger partial charge < -0.3 is 21.3 Å². The van der Waals surface area contributed by atoms with Crippen molar-refractivity contribution < 1.29 is 24.2 Å². The van der Waals surface area contributed by atoms with Gasteiger partial charge in [-0.05, 0) is 73.0 Å². The van der Waals surface area contributed by atoms with E-state index in [0.29, 0.717) is 32.8 Å². The molecule has 3 rings (SSSR count). The lowest BCUT2D eigenvalue weighted by atomic mass is 10.1. The van der Waals surface area contributed by atoms with Gasteiger partial charge in [0.1, 0.15) is 24.0 Å². The second-order valence-electron chi connectivity index (χ2n) is 8.95. The lowest BCUT2D eigenvalue weighted by Crippen LogP contribution is -2.48. The summed E-state index contributed by atoms with van der Waals surface area (Å²) in [7, 11) is 0. The Morgan fingerprint density at radius 2 is 1.56 bits per heavy atom. The Hall–Kier alpha value is -4.16. The SMILES string of the molecule is N=C(N)N(CCCC(N)C(=O)O)C(=O)CC(=O)N(NCc1cc(Cl)cc(Cl)c1)c1ccc(Oc2ccccc2)cc1. The molecule has 1 unspecified atom stereocenters. The van der Waals surface area contributed by atoms with E-state index < -0.39 is 36.2 Å². The predicted molar refractivity (Wildman–Crippen MR) is 157 cm³/mol. The number of nitrogens with one attached hydrogen (secondary N) is 2. The van der Waals surface area contributed by atoms with Gasteiger partial charge in [0, 0.05) is 23.1 Å². The summed E-state index contributed by atoms with van der Waals surface area (Å²) in [6.07, 6.45) is -0.392. The zero-order chi connectivity index (χ0) is 29.9. The fraction of sp³-hybridized carbons (Fsp3) is 0.214. The zero-order valence-electron chi connectivity index (χ0n) is 21.9. The third kappa shape index (κ3) is 9.76. The topological polar surface area (TPSA) is 175 Å². The molecule has 0 aliphatic heterocycles. The Kier molecular flexibility index (Phi) is 11.5. The van der Waals surface area contributed by atoms with Gasteiger partial charge in [0.25, 0.3) is 5.91 Å². The van der Waals surface area contributed by atoms with E-state index in [1.54, 1.807) is 42.5 Å². The third-order valence-electron chi connectivity index (χ3n) is 5.80. The first-order chi connectivity index (χ1) is 19.5. The third-order valence-corrected chi connectivity index (χ3v) is 6.23. The van der Waals surface area contributed by atoms with Crippen LogP contribution in [0, 0.1) is 5.41 Å². The van der Waals surface area contributed by atoms with E-state index >= 15 is 0 Å². The summed E-state index contributed by atoms with van der Waals surface area (Å²) in [5.41, 5.74) is 15.2. The minimum absolute atomic E-state index is 0.0631. The van der Waals surface area contributed by atoms with Crippen molar-refractivity contribution in [1.82, 2.24) is 10.3 Å². The highest BCUT2D eigenvalue weighted by atomic mass is 35.5. The fourth-order valence-corrected chi connectivity index (χ4v) is 4.34. The number of nitrogens with two attached hydrogens (primary N) is 2. The first-order valence-corrected chi connectivity index (χ1v) is 13.3. The number of nitrogens with zero attached hydrogens (tertiary/aromatic N) is 2. The summed E-state index contributed by atoms with van der Waals surface area (Å²) in [6, 6.07) is 19.7. The number of carboxylic acids is 1. The molecule has 0 saturated carbocycles. The van der Waals surface area contributed by atoms with Crippen LogP contribution in [0.1, 0.15) is 24.8 Å². The molecule has 0 radical (unpaired) electrons. The summed E-state index contributed by atoms with van der Waals surface area (Å²) in [6.45, 7) is 0.0777. The van der Waals surface area contributed by atoms with Gasteiger partial charge in [-0.3, -0.25) is 24.7 Å². The number of amides is 2. The standard InChI is InChI=1S/C28H30Cl2N6O5/c29-19-13-18(14-20(30)15-19)17-34-36(21-8-10-23(11-9-21)41-22-5-2-1-3-6-22)26(38)16-25(37)35(28(32)33)12-4-7-24(31)27(39)40/h1-3,5-6,8-11,13-15,24,34H,4,7,12,16-17,31H2,(H3,32,33)(H,39,40). The average molecular weight is 601 g/mol. The molecule has 0 bridgehead atoms. The van der Waals surface area contributed by atoms with Crippen molar-refractivity contribution in [3.8, 4) is 11.5 Å². The number of aliphatic carboxylic acids is 1. The number of hydrogen-bond acceptors (Lipinski definition) is 7. The summed E-state index contributed by atoms with van der Waals surface area (Å²) < 4.78 is 5.82. The van der Waals surface area contributed by atoms with Crippen LogP contribution in [-0.2, 0) is 20.9 Å². The molecule has 0 saturated heterocycles. The molecule has 2 amide bonds. The van der Waals surface area contributed by atoms with E-state index in [1.807, 2.05) is 30.3 Å². The second-order valence-corrected chi connectivity index (χ2v) is 9.82. The number of ether oxygens (including phenoxy) is 1. The zero-order valence-corrected chi connectivity index (χ0v) is 23.4. The molecule has 3 aromatic carbocycles. The Bertz CT molecular complexity index is 1350. The minimum atomic E-state index is -1.18. The number of carboxylic acid groups (broad SMARTS) is 1. The molecule has 0 heterocycles. The van der Waals surface area contributed by atoms with Crippen molar-refractivity contribution in [3.05, 3.63) is 88.4 Å². The van der Waals surface area contributed by atoms with Gasteiger partial charge in [0.2, 0.25) is 5.91 Å². The molecule has 7 N–H and O–H groups in total. The number of benzene rings is 3. The molecule has 3 aromatic rings. The number of guanidine groups is 1. The molecular weight excluding hydrogens is 571 g/mol. The van der Waals surface area contributed by atoms with Crippen molar-refractivity contribution in [3.63, 3.8) is 0 Å². The molecule has 41 heavy (non-hydrogen) atoms. The van der Waals surface area contributed by atoms with Crippen LogP contribution in [0.25, 0.3) is 0 Å². The summed E-state index contributed by atoms with van der Waals surface area (Å²) in [5.74, 6) is -1.93. The van der Waals surface area contributed by atoms with Gasteiger partial charge in [-0.1, -0.05) is 41.4 Å². The largest absolute Gasteiger partial charge is 0.480 e. The molecule has 0 spiro atoms. The maximum absolute atomic E-state index is 13.4. The van der Waals surface area contributed by atoms with Crippen LogP contribution in [0.3, 0.4) is 0 Å². The molecule has 11 nitrogen and oxygen atoms in total. The Morgan fingerprint density at radius 1 is 0.951 bits per heavy atom. The first-order valence-electron chi connectivity index (χ1n) is 12.5. The van der Waals surface area contributed by atoms with E-state index in [4.69, 9.17) is 49.9 Å². The number of anilines is 1. The minimum Gasteiger partial charge on any atom is -0.480 e. The van der Waals surface area contributed by atoms with Gasteiger partial charge in [0.05, 0.1) is 5.69 Å². The summed E-state index contributed by atoms with van der Waals surface area (Å²) in [4.78, 5) is 38.3. The smallest absolute Gasteiger partial charge is 0.320 e. The lowest BCUT2D eigenvalue weighted by molar-refractivity contribution is -0.138. The number of hydrogen-bond donors (Lipinski definition) is 5. The molecular formula is C28H30Cl2N6O5. The highest BCUT2D eigenvalue weighted by Gasteiger charge is 2.25. The van der Waals surface area contributed by atoms with Crippen LogP contribution < -0.4 is 26.6 Å². The van der Waals surface area contributed by atoms with Gasteiger partial charge in [-0.15, -0.1) is 0 Å². The Balaban J connectivity index is 1.77. The quantitative estimate of drug-likeness (QED) is 0.0841. The molecule has 0 fully saturated rings. The molecule has 216 valence electrons. The van der Waals surface area contributed by atoms with Crippen molar-refractivity contribution in [2.75, 3.05) is 11.6 Å². The number of hydrazine groups is 1. The summed E-state index contributed by atoms with van der Waals surface area (Å²) >= 11 is 12.2. The van der Waals surface area contributed by atoms with Crippen molar-refractivity contribution in [2.24, 2.45) is 11.5 Å². The normalized spacial score (nSPS) is 11.4. The van der Waals surface area contributed by atoms with Crippen LogP contribution in [0.5, 0.6) is 11.5 Å². The fourth-order valence-electron chi connectivity index (χ4n) is 3.77. The van der Waals surface area contributed by atoms with Crippen LogP contribution in [0.2, 0.25) is 10.0 Å². The highest BCUT2D eigenvalue weighted by Crippen LogP contribution is 2.25. The van der Waals surface area contributed by atoms with Crippen LogP contribution in [0.15, 0.2) is 72.8 Å². The van der Waals surface area contributed by atoms with Crippen LogP contribution in [-0.4, -0.2) is 46.3 Å². The van der Waals surface area contributed by atoms with Crippen LogP contribution >= 0.6 is 23.2 Å². The molecule has 0 aliphatic rings. The molecule has 0 aromatic heterocycles. The number of carbonyl (C=O) groups excluding carboxylic acids is 2. The number of carbonyl (C=O) groups is 3. The predicted octanol–water partition coefficient (Wildman–Crippen LogP) is 4.13. The summed E-state index contributed by atoms with van der Waals surface area (Å²) in [5, 5.41) is 18.8.